The van der Waals surface area contributed by atoms with E-state index in [1.54, 1.807) is 35.6 Å². The van der Waals surface area contributed by atoms with Gasteiger partial charge in [0.25, 0.3) is 0 Å². The van der Waals surface area contributed by atoms with Crippen LogP contribution in [0.15, 0.2) is 24.3 Å². The molecule has 1 heterocycles. The summed E-state index contributed by atoms with van der Waals surface area (Å²) in [6.07, 6.45) is 6.43. The number of rotatable bonds is 5. The molecule has 0 bridgehead atoms. The van der Waals surface area contributed by atoms with Crippen LogP contribution in [0.2, 0.25) is 0 Å². The molecule has 0 atom stereocenters. The van der Waals surface area contributed by atoms with Crippen molar-refractivity contribution in [3.8, 4) is 0 Å². The van der Waals surface area contributed by atoms with Gasteiger partial charge in [-0.25, -0.2) is 9.59 Å². The molecule has 1 aliphatic carbocycles. The molecule has 0 saturated carbocycles. The second-order valence-corrected chi connectivity index (χ2v) is 8.51. The lowest BCUT2D eigenvalue weighted by Gasteiger charge is -2.13. The summed E-state index contributed by atoms with van der Waals surface area (Å²) < 4.78 is 10.1. The predicted molar refractivity (Wildman–Crippen MR) is 124 cm³/mol. The highest BCUT2D eigenvalue weighted by molar-refractivity contribution is 7.80. The van der Waals surface area contributed by atoms with Crippen LogP contribution in [0.5, 0.6) is 0 Å². The molecular weight excluding hydrogens is 420 g/mol. The average molecular weight is 447 g/mol. The van der Waals surface area contributed by atoms with Crippen molar-refractivity contribution in [3.05, 3.63) is 45.8 Å². The maximum Gasteiger partial charge on any atom is 0.341 e. The van der Waals surface area contributed by atoms with Gasteiger partial charge in [0.05, 0.1) is 24.8 Å². The maximum atomic E-state index is 12.7. The Morgan fingerprint density at radius 1 is 1.10 bits per heavy atom. The predicted octanol–water partition coefficient (Wildman–Crippen LogP) is 5.18. The molecule has 2 N–H and O–H groups in total. The fourth-order valence-corrected chi connectivity index (χ4v) is 5.10. The largest absolute Gasteiger partial charge is 0.465 e. The molecule has 6 nitrogen and oxygen atoms in total. The monoisotopic (exact) mass is 446 g/mol. The standard InChI is InChI=1S/C22H26N2O4S2/c1-3-28-21(26)18-16-11-6-4-5-7-12-17(16)30-19(18)24-22(29)23-15-10-8-9-14(13-15)20(25)27-2/h8-10,13H,3-7,11-12H2,1-2H3,(H2,23,24,29). The molecule has 0 unspecified atom stereocenters. The number of esters is 2. The molecule has 0 amide bonds. The molecule has 0 spiro atoms. The Morgan fingerprint density at radius 3 is 2.60 bits per heavy atom. The number of nitrogens with one attached hydrogen (secondary N) is 2. The average Bonchev–Trinajstić information content (AvgIpc) is 3.03. The molecule has 0 saturated heterocycles. The van der Waals surface area contributed by atoms with Crippen molar-refractivity contribution in [2.45, 2.75) is 45.4 Å². The van der Waals surface area contributed by atoms with E-state index in [0.717, 1.165) is 31.2 Å². The Labute approximate surface area is 186 Å². The third-order valence-electron chi connectivity index (χ3n) is 4.92. The summed E-state index contributed by atoms with van der Waals surface area (Å²) in [5.41, 5.74) is 2.78. The normalized spacial score (nSPS) is 13.4. The Balaban J connectivity index is 1.83. The van der Waals surface area contributed by atoms with Gasteiger partial charge < -0.3 is 20.1 Å². The van der Waals surface area contributed by atoms with Crippen LogP contribution in [0.3, 0.4) is 0 Å². The Kier molecular flexibility index (Phi) is 7.81. The Bertz CT molecular complexity index is 939. The van der Waals surface area contributed by atoms with Crippen LogP contribution < -0.4 is 10.6 Å². The van der Waals surface area contributed by atoms with Gasteiger partial charge in [-0.15, -0.1) is 11.3 Å². The van der Waals surface area contributed by atoms with E-state index in [1.807, 2.05) is 6.92 Å². The van der Waals surface area contributed by atoms with Crippen molar-refractivity contribution >= 4 is 51.3 Å². The van der Waals surface area contributed by atoms with Gasteiger partial charge in [0, 0.05) is 10.6 Å². The molecule has 8 heteroatoms. The second-order valence-electron chi connectivity index (χ2n) is 6.99. The minimum absolute atomic E-state index is 0.312. The number of benzene rings is 1. The molecule has 0 fully saturated rings. The fourth-order valence-electron chi connectivity index (χ4n) is 3.53. The number of carbonyl (C=O) groups excluding carboxylic acids is 2. The highest BCUT2D eigenvalue weighted by Crippen LogP contribution is 2.37. The zero-order valence-electron chi connectivity index (χ0n) is 17.2. The SMILES string of the molecule is CCOC(=O)c1c(NC(=S)Nc2cccc(C(=O)OC)c2)sc2c1CCCCCC2. The zero-order chi connectivity index (χ0) is 21.5. The number of carbonyl (C=O) groups is 2. The van der Waals surface area contributed by atoms with E-state index in [2.05, 4.69) is 10.6 Å². The van der Waals surface area contributed by atoms with Crippen LogP contribution in [-0.4, -0.2) is 30.8 Å². The second kappa shape index (κ2) is 10.5. The molecule has 160 valence electrons. The first-order valence-electron chi connectivity index (χ1n) is 10.1. The van der Waals surface area contributed by atoms with E-state index in [0.29, 0.717) is 33.5 Å². The molecular formula is C22H26N2O4S2. The van der Waals surface area contributed by atoms with Gasteiger partial charge in [-0.3, -0.25) is 0 Å². The smallest absolute Gasteiger partial charge is 0.341 e. The minimum atomic E-state index is -0.416. The number of anilines is 2. The molecule has 1 aromatic carbocycles. The van der Waals surface area contributed by atoms with Crippen LogP contribution in [0, 0.1) is 0 Å². The number of fused-ring (bicyclic) bond motifs is 1. The third kappa shape index (κ3) is 5.37. The third-order valence-corrected chi connectivity index (χ3v) is 6.33. The number of hydrogen-bond donors (Lipinski definition) is 2. The van der Waals surface area contributed by atoms with E-state index in [9.17, 15) is 9.59 Å². The van der Waals surface area contributed by atoms with Crippen LogP contribution >= 0.6 is 23.6 Å². The number of aryl methyl sites for hydroxylation is 1. The first-order chi connectivity index (χ1) is 14.5. The summed E-state index contributed by atoms with van der Waals surface area (Å²) in [6, 6.07) is 6.89. The first kappa shape index (κ1) is 22.2. The van der Waals surface area contributed by atoms with E-state index < -0.39 is 5.97 Å². The van der Waals surface area contributed by atoms with Crippen molar-refractivity contribution in [1.82, 2.24) is 0 Å². The van der Waals surface area contributed by atoms with Gasteiger partial charge in [0.1, 0.15) is 5.00 Å². The maximum absolute atomic E-state index is 12.7. The van der Waals surface area contributed by atoms with Gasteiger partial charge in [0.2, 0.25) is 0 Å². The summed E-state index contributed by atoms with van der Waals surface area (Å²) in [7, 11) is 1.34. The molecule has 30 heavy (non-hydrogen) atoms. The summed E-state index contributed by atoms with van der Waals surface area (Å²) in [6.45, 7) is 2.13. The fraction of sp³-hybridized carbons (Fsp3) is 0.409. The molecule has 3 rings (SSSR count). The summed E-state index contributed by atoms with van der Waals surface area (Å²) in [5, 5.41) is 7.32. The highest BCUT2D eigenvalue weighted by atomic mass is 32.1. The van der Waals surface area contributed by atoms with Crippen molar-refractivity contribution < 1.29 is 19.1 Å². The van der Waals surface area contributed by atoms with Gasteiger partial charge in [0.15, 0.2) is 5.11 Å². The molecule has 2 aromatic rings. The number of methoxy groups -OCH3 is 1. The lowest BCUT2D eigenvalue weighted by atomic mass is 9.96. The number of ether oxygens (including phenoxy) is 2. The molecule has 1 aliphatic rings. The van der Waals surface area contributed by atoms with Crippen LogP contribution in [-0.2, 0) is 22.3 Å². The number of hydrogen-bond acceptors (Lipinski definition) is 6. The molecule has 0 aliphatic heterocycles. The zero-order valence-corrected chi connectivity index (χ0v) is 18.8. The van der Waals surface area contributed by atoms with E-state index in [4.69, 9.17) is 21.7 Å². The number of thiophene rings is 1. The quantitative estimate of drug-likeness (QED) is 0.484. The summed E-state index contributed by atoms with van der Waals surface area (Å²) in [5.74, 6) is -0.728. The highest BCUT2D eigenvalue weighted by Gasteiger charge is 2.25. The van der Waals surface area contributed by atoms with Crippen molar-refractivity contribution in [1.29, 1.82) is 0 Å². The first-order valence-corrected chi connectivity index (χ1v) is 11.3. The van der Waals surface area contributed by atoms with E-state index in [1.165, 1.54) is 24.8 Å². The van der Waals surface area contributed by atoms with Crippen molar-refractivity contribution in [2.24, 2.45) is 0 Å². The molecule has 0 radical (unpaired) electrons. The van der Waals surface area contributed by atoms with E-state index in [-0.39, 0.29) is 5.97 Å². The number of thiocarbonyl (C=S) groups is 1. The van der Waals surface area contributed by atoms with Crippen LogP contribution in [0.1, 0.15) is 63.8 Å². The summed E-state index contributed by atoms with van der Waals surface area (Å²) >= 11 is 7.05. The van der Waals surface area contributed by atoms with E-state index >= 15 is 0 Å². The van der Waals surface area contributed by atoms with Gasteiger partial charge in [-0.05, 0) is 68.6 Å². The Hall–Kier alpha value is -2.45. The lowest BCUT2D eigenvalue weighted by Crippen LogP contribution is -2.20. The lowest BCUT2D eigenvalue weighted by molar-refractivity contribution is 0.0525. The van der Waals surface area contributed by atoms with Gasteiger partial charge in [-0.2, -0.15) is 0 Å². The van der Waals surface area contributed by atoms with Crippen LogP contribution in [0.25, 0.3) is 0 Å². The van der Waals surface area contributed by atoms with Gasteiger partial charge >= 0.3 is 11.9 Å². The summed E-state index contributed by atoms with van der Waals surface area (Å²) in [4.78, 5) is 25.7. The van der Waals surface area contributed by atoms with Crippen molar-refractivity contribution in [2.75, 3.05) is 24.4 Å². The van der Waals surface area contributed by atoms with Crippen molar-refractivity contribution in [3.63, 3.8) is 0 Å². The van der Waals surface area contributed by atoms with Crippen LogP contribution in [0.4, 0.5) is 10.7 Å². The molecule has 1 aromatic heterocycles. The Morgan fingerprint density at radius 2 is 1.87 bits per heavy atom. The van der Waals surface area contributed by atoms with Gasteiger partial charge in [-0.1, -0.05) is 18.9 Å². The minimum Gasteiger partial charge on any atom is -0.465 e. The topological polar surface area (TPSA) is 76.7 Å².